The Bertz CT molecular complexity index is 538. The molecule has 0 saturated carbocycles. The number of rotatable bonds is 5. The first-order valence-electron chi connectivity index (χ1n) is 6.99. The lowest BCUT2D eigenvalue weighted by Crippen LogP contribution is -2.43. The van der Waals surface area contributed by atoms with E-state index in [1.807, 2.05) is 18.2 Å². The fraction of sp³-hybridized carbons (Fsp3) is 0.294. The lowest BCUT2D eigenvalue weighted by atomic mass is 10.1. The number of ether oxygens (including phenoxy) is 1. The summed E-state index contributed by atoms with van der Waals surface area (Å²) in [6.45, 7) is 7.76. The molecule has 1 aliphatic rings. The smallest absolute Gasteiger partial charge is 0.330 e. The summed E-state index contributed by atoms with van der Waals surface area (Å²) in [5.74, 6) is -0.543. The van der Waals surface area contributed by atoms with Gasteiger partial charge in [0.2, 0.25) is 0 Å². The second kappa shape index (κ2) is 6.88. The molecule has 0 radical (unpaired) electrons. The van der Waals surface area contributed by atoms with Gasteiger partial charge in [-0.15, -0.1) is 0 Å². The standard InChI is InChI=1S/C17H19NO3/c1-3-15(21-16(19)4-2)14-11-8-12-18(14)17(20)13-9-6-5-7-10-13/h3-7,9-10,14-15H,1-2,8,11-12H2/t14-,15+/m0/s1. The number of hydrogen-bond donors (Lipinski definition) is 0. The van der Waals surface area contributed by atoms with Crippen molar-refractivity contribution in [2.45, 2.75) is 25.0 Å². The van der Waals surface area contributed by atoms with E-state index in [2.05, 4.69) is 13.2 Å². The minimum atomic E-state index is -0.509. The molecular formula is C17H19NO3. The number of esters is 1. The largest absolute Gasteiger partial charge is 0.453 e. The molecule has 0 unspecified atom stereocenters. The highest BCUT2D eigenvalue weighted by molar-refractivity contribution is 5.94. The van der Waals surface area contributed by atoms with Crippen LogP contribution in [0.15, 0.2) is 55.6 Å². The molecule has 1 amide bonds. The minimum absolute atomic E-state index is 0.0420. The van der Waals surface area contributed by atoms with Crippen LogP contribution in [0.2, 0.25) is 0 Å². The lowest BCUT2D eigenvalue weighted by molar-refractivity contribution is -0.142. The molecule has 4 heteroatoms. The molecule has 1 aromatic rings. The van der Waals surface area contributed by atoms with Gasteiger partial charge < -0.3 is 9.64 Å². The van der Waals surface area contributed by atoms with Crippen molar-refractivity contribution in [2.24, 2.45) is 0 Å². The highest BCUT2D eigenvalue weighted by atomic mass is 16.5. The number of carbonyl (C=O) groups excluding carboxylic acids is 2. The van der Waals surface area contributed by atoms with E-state index in [9.17, 15) is 9.59 Å². The summed E-state index contributed by atoms with van der Waals surface area (Å²) in [5.41, 5.74) is 0.641. The van der Waals surface area contributed by atoms with Crippen molar-refractivity contribution in [2.75, 3.05) is 6.54 Å². The summed E-state index contributed by atoms with van der Waals surface area (Å²) in [5, 5.41) is 0. The quantitative estimate of drug-likeness (QED) is 0.474. The predicted molar refractivity (Wildman–Crippen MR) is 80.8 cm³/mol. The third-order valence-corrected chi connectivity index (χ3v) is 3.61. The van der Waals surface area contributed by atoms with Gasteiger partial charge in [0, 0.05) is 18.2 Å². The van der Waals surface area contributed by atoms with Crippen LogP contribution in [0.25, 0.3) is 0 Å². The number of nitrogens with zero attached hydrogens (tertiary/aromatic N) is 1. The third kappa shape index (κ3) is 3.40. The topological polar surface area (TPSA) is 46.6 Å². The molecule has 2 atom stereocenters. The van der Waals surface area contributed by atoms with Crippen molar-refractivity contribution in [3.8, 4) is 0 Å². The number of hydrogen-bond acceptors (Lipinski definition) is 3. The molecule has 2 rings (SSSR count). The van der Waals surface area contributed by atoms with E-state index in [0.29, 0.717) is 12.1 Å². The van der Waals surface area contributed by atoms with Gasteiger partial charge in [-0.2, -0.15) is 0 Å². The molecule has 21 heavy (non-hydrogen) atoms. The van der Waals surface area contributed by atoms with Gasteiger partial charge >= 0.3 is 5.97 Å². The van der Waals surface area contributed by atoms with E-state index in [-0.39, 0.29) is 11.9 Å². The monoisotopic (exact) mass is 285 g/mol. The first-order valence-corrected chi connectivity index (χ1v) is 6.99. The number of carbonyl (C=O) groups is 2. The molecule has 0 aromatic heterocycles. The number of benzene rings is 1. The van der Waals surface area contributed by atoms with Gasteiger partial charge in [0.05, 0.1) is 6.04 Å². The maximum atomic E-state index is 12.6. The number of amides is 1. The molecule has 0 bridgehead atoms. The average Bonchev–Trinajstić information content (AvgIpc) is 3.01. The molecule has 1 aliphatic heterocycles. The fourth-order valence-electron chi connectivity index (χ4n) is 2.60. The van der Waals surface area contributed by atoms with Crippen LogP contribution < -0.4 is 0 Å². The van der Waals surface area contributed by atoms with E-state index in [1.54, 1.807) is 23.1 Å². The molecule has 0 N–H and O–H groups in total. The van der Waals surface area contributed by atoms with Crippen molar-refractivity contribution >= 4 is 11.9 Å². The molecule has 1 saturated heterocycles. The Balaban J connectivity index is 2.15. The fourth-order valence-corrected chi connectivity index (χ4v) is 2.60. The van der Waals surface area contributed by atoms with Crippen LogP contribution in [-0.2, 0) is 9.53 Å². The molecule has 0 spiro atoms. The zero-order valence-corrected chi connectivity index (χ0v) is 11.9. The van der Waals surface area contributed by atoms with Crippen LogP contribution in [0.1, 0.15) is 23.2 Å². The van der Waals surface area contributed by atoms with Crippen LogP contribution in [0.3, 0.4) is 0 Å². The second-order valence-corrected chi connectivity index (χ2v) is 4.92. The summed E-state index contributed by atoms with van der Waals surface area (Å²) < 4.78 is 5.28. The first kappa shape index (κ1) is 15.0. The molecule has 1 fully saturated rings. The van der Waals surface area contributed by atoms with Crippen LogP contribution in [0.5, 0.6) is 0 Å². The Morgan fingerprint density at radius 2 is 2.00 bits per heavy atom. The van der Waals surface area contributed by atoms with Crippen molar-refractivity contribution in [3.05, 3.63) is 61.2 Å². The SMILES string of the molecule is C=CC(=O)O[C@H](C=C)[C@@H]1CCCN1C(=O)c1ccccc1. The highest BCUT2D eigenvalue weighted by Gasteiger charge is 2.35. The third-order valence-electron chi connectivity index (χ3n) is 3.61. The van der Waals surface area contributed by atoms with E-state index < -0.39 is 12.1 Å². The van der Waals surface area contributed by atoms with Crippen molar-refractivity contribution in [1.29, 1.82) is 0 Å². The van der Waals surface area contributed by atoms with Crippen molar-refractivity contribution in [1.82, 2.24) is 4.90 Å². The molecular weight excluding hydrogens is 266 g/mol. The van der Waals surface area contributed by atoms with Gasteiger partial charge in [-0.25, -0.2) is 4.79 Å². The van der Waals surface area contributed by atoms with Crippen LogP contribution in [-0.4, -0.2) is 35.5 Å². The normalized spacial score (nSPS) is 18.9. The average molecular weight is 285 g/mol. The summed E-state index contributed by atoms with van der Waals surface area (Å²) in [6.07, 6.45) is 3.86. The van der Waals surface area contributed by atoms with E-state index in [1.165, 1.54) is 0 Å². The van der Waals surface area contributed by atoms with Gasteiger partial charge in [0.1, 0.15) is 6.10 Å². The first-order chi connectivity index (χ1) is 10.2. The predicted octanol–water partition coefficient (Wildman–Crippen LogP) is 2.58. The summed E-state index contributed by atoms with van der Waals surface area (Å²) in [6, 6.07) is 8.95. The molecule has 1 heterocycles. The van der Waals surface area contributed by atoms with Gasteiger partial charge in [-0.05, 0) is 31.1 Å². The Morgan fingerprint density at radius 1 is 1.29 bits per heavy atom. The van der Waals surface area contributed by atoms with E-state index >= 15 is 0 Å². The summed E-state index contributed by atoms with van der Waals surface area (Å²) >= 11 is 0. The van der Waals surface area contributed by atoms with Crippen LogP contribution in [0, 0.1) is 0 Å². The summed E-state index contributed by atoms with van der Waals surface area (Å²) in [7, 11) is 0. The maximum absolute atomic E-state index is 12.6. The Morgan fingerprint density at radius 3 is 2.62 bits per heavy atom. The zero-order valence-electron chi connectivity index (χ0n) is 11.9. The molecule has 4 nitrogen and oxygen atoms in total. The van der Waals surface area contributed by atoms with Gasteiger partial charge in [-0.1, -0.05) is 31.4 Å². The Hall–Kier alpha value is -2.36. The van der Waals surface area contributed by atoms with Gasteiger partial charge in [0.25, 0.3) is 5.91 Å². The minimum Gasteiger partial charge on any atom is -0.453 e. The van der Waals surface area contributed by atoms with Crippen molar-refractivity contribution < 1.29 is 14.3 Å². The zero-order chi connectivity index (χ0) is 15.2. The molecule has 1 aromatic carbocycles. The lowest BCUT2D eigenvalue weighted by Gasteiger charge is -2.29. The van der Waals surface area contributed by atoms with E-state index in [0.717, 1.165) is 18.9 Å². The van der Waals surface area contributed by atoms with E-state index in [4.69, 9.17) is 4.74 Å². The molecule has 0 aliphatic carbocycles. The Kier molecular flexibility index (Phi) is 4.93. The maximum Gasteiger partial charge on any atom is 0.330 e. The van der Waals surface area contributed by atoms with Crippen LogP contribution >= 0.6 is 0 Å². The molecule has 110 valence electrons. The van der Waals surface area contributed by atoms with Crippen LogP contribution in [0.4, 0.5) is 0 Å². The Labute approximate surface area is 124 Å². The summed E-state index contributed by atoms with van der Waals surface area (Å²) in [4.78, 5) is 25.7. The van der Waals surface area contributed by atoms with Gasteiger partial charge in [0.15, 0.2) is 0 Å². The van der Waals surface area contributed by atoms with Crippen molar-refractivity contribution in [3.63, 3.8) is 0 Å². The van der Waals surface area contributed by atoms with Gasteiger partial charge in [-0.3, -0.25) is 4.79 Å². The second-order valence-electron chi connectivity index (χ2n) is 4.92. The number of likely N-dealkylation sites (tertiary alicyclic amines) is 1. The highest BCUT2D eigenvalue weighted by Crippen LogP contribution is 2.25.